The molecule has 0 saturated heterocycles. The van der Waals surface area contributed by atoms with Crippen molar-refractivity contribution in [2.45, 2.75) is 32.1 Å². The molecule has 4 rings (SSSR count). The lowest BCUT2D eigenvalue weighted by Crippen LogP contribution is -2.34. The van der Waals surface area contributed by atoms with Gasteiger partial charge in [0.05, 0.1) is 30.9 Å². The Hall–Kier alpha value is -2.37. The second-order valence-electron chi connectivity index (χ2n) is 7.11. The fourth-order valence-corrected chi connectivity index (χ4v) is 4.21. The van der Waals surface area contributed by atoms with E-state index in [0.717, 1.165) is 54.5 Å². The van der Waals surface area contributed by atoms with Crippen molar-refractivity contribution in [3.8, 4) is 11.6 Å². The van der Waals surface area contributed by atoms with Gasteiger partial charge in [-0.15, -0.1) is 0 Å². The van der Waals surface area contributed by atoms with Crippen LogP contribution in [-0.2, 0) is 11.2 Å². The van der Waals surface area contributed by atoms with E-state index in [9.17, 15) is 4.79 Å². The zero-order valence-electron chi connectivity index (χ0n) is 14.4. The first-order valence-electron chi connectivity index (χ1n) is 8.90. The molecule has 6 heteroatoms. The number of pyridine rings is 2. The number of rotatable bonds is 3. The van der Waals surface area contributed by atoms with E-state index >= 15 is 0 Å². The molecule has 1 saturated carbocycles. The fourth-order valence-electron chi connectivity index (χ4n) is 4.21. The van der Waals surface area contributed by atoms with Gasteiger partial charge in [0.2, 0.25) is 11.8 Å². The number of methoxy groups -OCH3 is 1. The lowest BCUT2D eigenvalue weighted by Gasteiger charge is -2.35. The minimum absolute atomic E-state index is 0.0454. The number of nitrogens with two attached hydrogens (primary N) is 1. The first kappa shape index (κ1) is 16.1. The molecule has 1 fully saturated rings. The van der Waals surface area contributed by atoms with E-state index in [1.807, 2.05) is 12.1 Å². The van der Waals surface area contributed by atoms with Crippen LogP contribution >= 0.6 is 0 Å². The number of aromatic nitrogens is 2. The van der Waals surface area contributed by atoms with Gasteiger partial charge in [0.1, 0.15) is 5.75 Å². The first-order valence-corrected chi connectivity index (χ1v) is 8.90. The number of nitrogens with zero attached hydrogens (tertiary/aromatic N) is 2. The molecule has 1 aliphatic heterocycles. The quantitative estimate of drug-likeness (QED) is 0.927. The monoisotopic (exact) mass is 341 g/mol. The van der Waals surface area contributed by atoms with Gasteiger partial charge >= 0.3 is 0 Å². The third-order valence-electron chi connectivity index (χ3n) is 5.72. The third kappa shape index (κ3) is 3.01. The van der Waals surface area contributed by atoms with Crippen LogP contribution in [0.5, 0.6) is 11.6 Å². The lowest BCUT2D eigenvalue weighted by atomic mass is 9.73. The van der Waals surface area contributed by atoms with Crippen LogP contribution < -0.4 is 15.2 Å². The summed E-state index contributed by atoms with van der Waals surface area (Å²) in [6, 6.07) is 3.76. The summed E-state index contributed by atoms with van der Waals surface area (Å²) in [7, 11) is 1.62. The van der Waals surface area contributed by atoms with Gasteiger partial charge in [-0.2, -0.15) is 0 Å². The van der Waals surface area contributed by atoms with Gasteiger partial charge < -0.3 is 15.2 Å². The molecule has 1 aliphatic carbocycles. The number of carbonyl (C=O) groups is 1. The Bertz CT molecular complexity index is 795. The summed E-state index contributed by atoms with van der Waals surface area (Å²) in [4.78, 5) is 20.4. The maximum atomic E-state index is 11.4. The van der Waals surface area contributed by atoms with Gasteiger partial charge in [-0.05, 0) is 44.1 Å². The van der Waals surface area contributed by atoms with Crippen molar-refractivity contribution >= 4 is 16.9 Å². The highest BCUT2D eigenvalue weighted by molar-refractivity contribution is 5.80. The molecule has 2 aromatic rings. The van der Waals surface area contributed by atoms with Gasteiger partial charge in [0, 0.05) is 23.5 Å². The number of fused-ring (bicyclic) bond motifs is 3. The SMILES string of the molecule is COc1ccc2ncc3c(c2n1)CC(C1CCC(C(N)=O)CC1)CO3. The molecule has 2 aromatic heterocycles. The second-order valence-corrected chi connectivity index (χ2v) is 7.11. The summed E-state index contributed by atoms with van der Waals surface area (Å²) in [6.45, 7) is 0.704. The minimum Gasteiger partial charge on any atom is -0.491 e. The molecule has 0 radical (unpaired) electrons. The largest absolute Gasteiger partial charge is 0.491 e. The van der Waals surface area contributed by atoms with Crippen LogP contribution in [-0.4, -0.2) is 29.6 Å². The molecule has 25 heavy (non-hydrogen) atoms. The Morgan fingerprint density at radius 2 is 2.04 bits per heavy atom. The van der Waals surface area contributed by atoms with Crippen LogP contribution in [0.3, 0.4) is 0 Å². The zero-order chi connectivity index (χ0) is 17.4. The van der Waals surface area contributed by atoms with E-state index < -0.39 is 0 Å². The molecule has 3 heterocycles. The van der Waals surface area contributed by atoms with Gasteiger partial charge in [0.25, 0.3) is 0 Å². The minimum atomic E-state index is -0.156. The Morgan fingerprint density at radius 1 is 1.24 bits per heavy atom. The van der Waals surface area contributed by atoms with E-state index in [-0.39, 0.29) is 11.8 Å². The average molecular weight is 341 g/mol. The summed E-state index contributed by atoms with van der Waals surface area (Å²) in [5.41, 5.74) is 8.31. The van der Waals surface area contributed by atoms with Crippen molar-refractivity contribution in [3.05, 3.63) is 23.9 Å². The number of hydrogen-bond acceptors (Lipinski definition) is 5. The molecule has 0 bridgehead atoms. The van der Waals surface area contributed by atoms with Crippen LogP contribution in [0.2, 0.25) is 0 Å². The topological polar surface area (TPSA) is 87.3 Å². The Labute approximate surface area is 146 Å². The third-order valence-corrected chi connectivity index (χ3v) is 5.72. The highest BCUT2D eigenvalue weighted by Gasteiger charge is 2.33. The Balaban J connectivity index is 1.58. The normalized spacial score (nSPS) is 25.9. The van der Waals surface area contributed by atoms with E-state index in [2.05, 4.69) is 9.97 Å². The molecule has 6 nitrogen and oxygen atoms in total. The fraction of sp³-hybridized carbons (Fsp3) is 0.526. The highest BCUT2D eigenvalue weighted by atomic mass is 16.5. The van der Waals surface area contributed by atoms with Crippen LogP contribution in [0.4, 0.5) is 0 Å². The molecule has 2 aliphatic rings. The Kier molecular flexibility index (Phi) is 4.19. The number of primary amides is 1. The predicted molar refractivity (Wildman–Crippen MR) is 93.4 cm³/mol. The van der Waals surface area contributed by atoms with Crippen LogP contribution in [0.25, 0.3) is 11.0 Å². The lowest BCUT2D eigenvalue weighted by molar-refractivity contribution is -0.123. The summed E-state index contributed by atoms with van der Waals surface area (Å²) in [5.74, 6) is 2.32. The molecule has 2 N–H and O–H groups in total. The Morgan fingerprint density at radius 3 is 2.76 bits per heavy atom. The number of hydrogen-bond donors (Lipinski definition) is 1. The molecule has 1 atom stereocenters. The summed E-state index contributed by atoms with van der Waals surface area (Å²) >= 11 is 0. The van der Waals surface area contributed by atoms with Crippen molar-refractivity contribution < 1.29 is 14.3 Å². The molecular formula is C19H23N3O3. The van der Waals surface area contributed by atoms with Gasteiger partial charge in [-0.25, -0.2) is 4.98 Å². The predicted octanol–water partition coefficient (Wildman–Crippen LogP) is 2.48. The number of amides is 1. The molecular weight excluding hydrogens is 318 g/mol. The standard InChI is InChI=1S/C19H23N3O3/c1-24-17-7-6-15-18(22-17)14-8-13(10-25-16(14)9-21-15)11-2-4-12(5-3-11)19(20)23/h6-7,9,11-13H,2-5,8,10H2,1H3,(H2,20,23). The molecule has 1 amide bonds. The molecule has 0 aromatic carbocycles. The van der Waals surface area contributed by atoms with Crippen LogP contribution in [0.15, 0.2) is 18.3 Å². The van der Waals surface area contributed by atoms with E-state index in [0.29, 0.717) is 24.3 Å². The molecule has 132 valence electrons. The molecule has 1 unspecified atom stereocenters. The van der Waals surface area contributed by atoms with Gasteiger partial charge in [-0.3, -0.25) is 9.78 Å². The van der Waals surface area contributed by atoms with Gasteiger partial charge in [-0.1, -0.05) is 0 Å². The maximum Gasteiger partial charge on any atom is 0.220 e. The van der Waals surface area contributed by atoms with E-state index in [1.165, 1.54) is 0 Å². The van der Waals surface area contributed by atoms with Crippen molar-refractivity contribution in [1.29, 1.82) is 0 Å². The van der Waals surface area contributed by atoms with Crippen molar-refractivity contribution in [1.82, 2.24) is 9.97 Å². The smallest absolute Gasteiger partial charge is 0.220 e. The first-order chi connectivity index (χ1) is 12.2. The summed E-state index contributed by atoms with van der Waals surface area (Å²) in [6.07, 6.45) is 6.60. The maximum absolute atomic E-state index is 11.4. The number of ether oxygens (including phenoxy) is 2. The summed E-state index contributed by atoms with van der Waals surface area (Å²) < 4.78 is 11.3. The van der Waals surface area contributed by atoms with E-state index in [1.54, 1.807) is 13.3 Å². The van der Waals surface area contributed by atoms with E-state index in [4.69, 9.17) is 15.2 Å². The zero-order valence-corrected chi connectivity index (χ0v) is 14.4. The molecule has 0 spiro atoms. The number of carbonyl (C=O) groups excluding carboxylic acids is 1. The highest BCUT2D eigenvalue weighted by Crippen LogP contribution is 2.40. The van der Waals surface area contributed by atoms with Crippen molar-refractivity contribution in [2.24, 2.45) is 23.5 Å². The second kappa shape index (κ2) is 6.50. The van der Waals surface area contributed by atoms with Gasteiger partial charge in [0.15, 0.2) is 0 Å². The van der Waals surface area contributed by atoms with Crippen LogP contribution in [0, 0.1) is 17.8 Å². The summed E-state index contributed by atoms with van der Waals surface area (Å²) in [5, 5.41) is 0. The van der Waals surface area contributed by atoms with Crippen LogP contribution in [0.1, 0.15) is 31.2 Å². The average Bonchev–Trinajstić information content (AvgIpc) is 2.67. The van der Waals surface area contributed by atoms with Crippen molar-refractivity contribution in [3.63, 3.8) is 0 Å². The van der Waals surface area contributed by atoms with Crippen molar-refractivity contribution in [2.75, 3.05) is 13.7 Å².